The van der Waals surface area contributed by atoms with E-state index in [-0.39, 0.29) is 17.5 Å². The first-order valence-corrected chi connectivity index (χ1v) is 10.3. The summed E-state index contributed by atoms with van der Waals surface area (Å²) < 4.78 is 0. The Morgan fingerprint density at radius 2 is 2.23 bits per heavy atom. The van der Waals surface area contributed by atoms with Gasteiger partial charge in [0.15, 0.2) is 0 Å². The number of anilines is 1. The van der Waals surface area contributed by atoms with E-state index in [1.165, 1.54) is 12.3 Å². The van der Waals surface area contributed by atoms with Crippen LogP contribution in [0.2, 0.25) is 5.02 Å². The Balaban J connectivity index is 1.33. The number of nitrogens with zero attached hydrogens (tertiary/aromatic N) is 3. The van der Waals surface area contributed by atoms with Gasteiger partial charge in [0.05, 0.1) is 10.8 Å². The molecule has 0 radical (unpaired) electrons. The summed E-state index contributed by atoms with van der Waals surface area (Å²) in [6.45, 7) is 1.88. The molecule has 2 aromatic heterocycles. The molecule has 0 aliphatic carbocycles. The molecule has 2 N–H and O–H groups in total. The molecule has 4 rings (SSSR count). The lowest BCUT2D eigenvalue weighted by atomic mass is 9.97. The Labute approximate surface area is 178 Å². The zero-order chi connectivity index (χ0) is 21.1. The highest BCUT2D eigenvalue weighted by Crippen LogP contribution is 2.24. The number of pyridine rings is 1. The second kappa shape index (κ2) is 8.71. The van der Waals surface area contributed by atoms with Crippen LogP contribution in [0.25, 0.3) is 10.9 Å². The van der Waals surface area contributed by atoms with Crippen molar-refractivity contribution in [1.29, 1.82) is 0 Å². The van der Waals surface area contributed by atoms with Gasteiger partial charge in [0, 0.05) is 47.8 Å². The number of hydrogen-bond donors (Lipinski definition) is 2. The molecule has 0 bridgehead atoms. The number of benzene rings is 1. The highest BCUT2D eigenvalue weighted by Gasteiger charge is 2.26. The lowest BCUT2D eigenvalue weighted by molar-refractivity contribution is -0.385. The summed E-state index contributed by atoms with van der Waals surface area (Å²) in [7, 11) is 0. The van der Waals surface area contributed by atoms with E-state index >= 15 is 0 Å². The van der Waals surface area contributed by atoms with E-state index in [1.807, 2.05) is 29.3 Å². The smallest absolute Gasteiger partial charge is 0.287 e. The van der Waals surface area contributed by atoms with E-state index in [9.17, 15) is 14.9 Å². The standard InChI is InChI=1S/C21H22ClN5O3/c22-16-3-5-19-18(10-16)14(11-24-19)7-8-23-21(28)15-2-1-9-26(13-15)20-6-4-17(12-25-20)27(29)30/h3-6,10-12,15,24H,1-2,7-9,13H2,(H,23,28). The molecule has 156 valence electrons. The van der Waals surface area contributed by atoms with E-state index in [2.05, 4.69) is 15.3 Å². The molecule has 1 aliphatic rings. The zero-order valence-corrected chi connectivity index (χ0v) is 17.1. The van der Waals surface area contributed by atoms with Crippen LogP contribution in [-0.4, -0.2) is 40.4 Å². The van der Waals surface area contributed by atoms with Crippen LogP contribution < -0.4 is 10.2 Å². The molecular formula is C21H22ClN5O3. The number of halogens is 1. The molecule has 1 fully saturated rings. The van der Waals surface area contributed by atoms with Crippen molar-refractivity contribution in [3.63, 3.8) is 0 Å². The monoisotopic (exact) mass is 427 g/mol. The summed E-state index contributed by atoms with van der Waals surface area (Å²) in [6.07, 6.45) is 5.62. The third kappa shape index (κ3) is 4.38. The van der Waals surface area contributed by atoms with Crippen molar-refractivity contribution in [1.82, 2.24) is 15.3 Å². The van der Waals surface area contributed by atoms with Gasteiger partial charge < -0.3 is 15.2 Å². The van der Waals surface area contributed by atoms with Crippen LogP contribution in [0.4, 0.5) is 11.5 Å². The third-order valence-corrected chi connectivity index (χ3v) is 5.72. The molecule has 9 heteroatoms. The maximum absolute atomic E-state index is 12.7. The Bertz CT molecular complexity index is 1070. The summed E-state index contributed by atoms with van der Waals surface area (Å²) in [4.78, 5) is 32.4. The number of nitro groups is 1. The van der Waals surface area contributed by atoms with E-state index in [0.717, 1.165) is 35.9 Å². The maximum Gasteiger partial charge on any atom is 0.287 e. The molecule has 0 saturated carbocycles. The predicted octanol–water partition coefficient (Wildman–Crippen LogP) is 3.70. The average Bonchev–Trinajstić information content (AvgIpc) is 3.16. The van der Waals surface area contributed by atoms with Crippen LogP contribution in [0.1, 0.15) is 18.4 Å². The average molecular weight is 428 g/mol. The largest absolute Gasteiger partial charge is 0.361 e. The van der Waals surface area contributed by atoms with Crippen LogP contribution in [0.3, 0.4) is 0 Å². The second-order valence-electron chi connectivity index (χ2n) is 7.46. The normalized spacial score (nSPS) is 16.6. The number of aromatic nitrogens is 2. The number of H-pyrrole nitrogens is 1. The van der Waals surface area contributed by atoms with Crippen molar-refractivity contribution >= 4 is 39.9 Å². The van der Waals surface area contributed by atoms with Gasteiger partial charge in [-0.15, -0.1) is 0 Å². The summed E-state index contributed by atoms with van der Waals surface area (Å²) in [5.74, 6) is 0.557. The fourth-order valence-corrected chi connectivity index (χ4v) is 4.07. The lowest BCUT2D eigenvalue weighted by Gasteiger charge is -2.32. The summed E-state index contributed by atoms with van der Waals surface area (Å²) >= 11 is 6.10. The number of carbonyl (C=O) groups is 1. The Morgan fingerprint density at radius 3 is 3.00 bits per heavy atom. The Hall–Kier alpha value is -3.13. The molecule has 1 atom stereocenters. The van der Waals surface area contributed by atoms with Crippen molar-refractivity contribution in [2.24, 2.45) is 5.92 Å². The first-order chi connectivity index (χ1) is 14.5. The molecule has 1 amide bonds. The first-order valence-electron chi connectivity index (χ1n) is 9.90. The highest BCUT2D eigenvalue weighted by atomic mass is 35.5. The van der Waals surface area contributed by atoms with Gasteiger partial charge in [-0.05, 0) is 49.1 Å². The topological polar surface area (TPSA) is 104 Å². The van der Waals surface area contributed by atoms with Crippen molar-refractivity contribution in [2.75, 3.05) is 24.5 Å². The third-order valence-electron chi connectivity index (χ3n) is 5.48. The van der Waals surface area contributed by atoms with E-state index in [4.69, 9.17) is 11.6 Å². The first kappa shape index (κ1) is 20.2. The summed E-state index contributed by atoms with van der Waals surface area (Å²) in [5, 5.41) is 15.6. The summed E-state index contributed by atoms with van der Waals surface area (Å²) in [5.41, 5.74) is 2.11. The van der Waals surface area contributed by atoms with Crippen molar-refractivity contribution < 1.29 is 9.72 Å². The predicted molar refractivity (Wildman–Crippen MR) is 116 cm³/mol. The van der Waals surface area contributed by atoms with Crippen LogP contribution in [0, 0.1) is 16.0 Å². The number of aromatic amines is 1. The van der Waals surface area contributed by atoms with Crippen LogP contribution >= 0.6 is 11.6 Å². The van der Waals surface area contributed by atoms with Gasteiger partial charge in [0.2, 0.25) is 5.91 Å². The van der Waals surface area contributed by atoms with Gasteiger partial charge in [-0.1, -0.05) is 11.6 Å². The van der Waals surface area contributed by atoms with Crippen LogP contribution in [0.5, 0.6) is 0 Å². The number of piperidine rings is 1. The highest BCUT2D eigenvalue weighted by molar-refractivity contribution is 6.31. The number of carbonyl (C=O) groups excluding carboxylic acids is 1. The lowest BCUT2D eigenvalue weighted by Crippen LogP contribution is -2.43. The molecular weight excluding hydrogens is 406 g/mol. The number of nitrogens with one attached hydrogen (secondary N) is 2. The number of hydrogen-bond acceptors (Lipinski definition) is 5. The molecule has 0 spiro atoms. The summed E-state index contributed by atoms with van der Waals surface area (Å²) in [6, 6.07) is 8.81. The van der Waals surface area contributed by atoms with Gasteiger partial charge in [-0.3, -0.25) is 14.9 Å². The molecule has 3 aromatic rings. The van der Waals surface area contributed by atoms with Crippen molar-refractivity contribution in [2.45, 2.75) is 19.3 Å². The molecule has 1 aromatic carbocycles. The van der Waals surface area contributed by atoms with Gasteiger partial charge >= 0.3 is 0 Å². The molecule has 3 heterocycles. The molecule has 1 unspecified atom stereocenters. The van der Waals surface area contributed by atoms with Crippen LogP contribution in [0.15, 0.2) is 42.7 Å². The minimum Gasteiger partial charge on any atom is -0.361 e. The Kier molecular flexibility index (Phi) is 5.85. The maximum atomic E-state index is 12.7. The molecule has 30 heavy (non-hydrogen) atoms. The quantitative estimate of drug-likeness (QED) is 0.461. The second-order valence-corrected chi connectivity index (χ2v) is 7.90. The number of fused-ring (bicyclic) bond motifs is 1. The molecule has 1 aliphatic heterocycles. The minimum absolute atomic E-state index is 0.0273. The van der Waals surface area contributed by atoms with E-state index in [0.29, 0.717) is 30.4 Å². The van der Waals surface area contributed by atoms with Crippen LogP contribution in [-0.2, 0) is 11.2 Å². The number of rotatable bonds is 6. The van der Waals surface area contributed by atoms with Gasteiger partial charge in [-0.25, -0.2) is 4.98 Å². The zero-order valence-electron chi connectivity index (χ0n) is 16.3. The Morgan fingerprint density at radius 1 is 1.37 bits per heavy atom. The molecule has 1 saturated heterocycles. The van der Waals surface area contributed by atoms with E-state index in [1.54, 1.807) is 6.07 Å². The molecule has 8 nitrogen and oxygen atoms in total. The fourth-order valence-electron chi connectivity index (χ4n) is 3.89. The van der Waals surface area contributed by atoms with E-state index < -0.39 is 4.92 Å². The van der Waals surface area contributed by atoms with Gasteiger partial charge in [0.25, 0.3) is 5.69 Å². The fraction of sp³-hybridized carbons (Fsp3) is 0.333. The van der Waals surface area contributed by atoms with Gasteiger partial charge in [0.1, 0.15) is 12.0 Å². The number of amides is 1. The van der Waals surface area contributed by atoms with Gasteiger partial charge in [-0.2, -0.15) is 0 Å². The van der Waals surface area contributed by atoms with Crippen molar-refractivity contribution in [3.8, 4) is 0 Å². The minimum atomic E-state index is -0.467. The SMILES string of the molecule is O=C(NCCc1c[nH]c2ccc(Cl)cc12)C1CCCN(c2ccc([N+](=O)[O-])cn2)C1. The van der Waals surface area contributed by atoms with Crippen molar-refractivity contribution in [3.05, 3.63) is 63.4 Å².